The minimum absolute atomic E-state index is 0.00693. The molecule has 0 aromatic heterocycles. The van der Waals surface area contributed by atoms with Crippen molar-refractivity contribution >= 4 is 59.2 Å². The van der Waals surface area contributed by atoms with Gasteiger partial charge >= 0.3 is 11.9 Å². The van der Waals surface area contributed by atoms with E-state index in [4.69, 9.17) is 16.2 Å². The summed E-state index contributed by atoms with van der Waals surface area (Å²) < 4.78 is 5.87. The van der Waals surface area contributed by atoms with Crippen LogP contribution >= 0.6 is 0 Å². The Bertz CT molecular complexity index is 2260. The van der Waals surface area contributed by atoms with Crippen molar-refractivity contribution in [2.75, 3.05) is 7.05 Å². The predicted octanol–water partition coefficient (Wildman–Crippen LogP) is -0.944. The second-order valence-electron chi connectivity index (χ2n) is 17.9. The monoisotopic (exact) mass is 992 g/mol. The van der Waals surface area contributed by atoms with E-state index < -0.39 is 132 Å². The Labute approximate surface area is 411 Å². The number of carboxylic acids is 1. The molecule has 2 bridgehead atoms. The second kappa shape index (κ2) is 26.1. The van der Waals surface area contributed by atoms with Crippen LogP contribution in [0.15, 0.2) is 59.6 Å². The number of aliphatic hydroxyl groups is 1. The molecule has 2 saturated heterocycles. The number of carbonyl (C=O) groups excluding carboxylic acids is 8. The van der Waals surface area contributed by atoms with Gasteiger partial charge in [-0.2, -0.15) is 0 Å². The number of ether oxygens (including phenoxy) is 1. The van der Waals surface area contributed by atoms with E-state index in [1.165, 1.54) is 38.2 Å². The number of benzene rings is 2. The zero-order valence-electron chi connectivity index (χ0n) is 40.8. The van der Waals surface area contributed by atoms with E-state index in [-0.39, 0.29) is 50.7 Å². The van der Waals surface area contributed by atoms with Crippen LogP contribution in [0.3, 0.4) is 0 Å². The van der Waals surface area contributed by atoms with E-state index >= 15 is 4.79 Å². The average molecular weight is 993 g/mol. The van der Waals surface area contributed by atoms with Crippen LogP contribution in [0.1, 0.15) is 90.7 Å². The summed E-state index contributed by atoms with van der Waals surface area (Å²) in [6, 6.07) is 1.95. The highest BCUT2D eigenvalue weighted by Gasteiger charge is 2.46. The number of hydrogen-bond donors (Lipinski definition) is 10. The topological polar surface area (TPSA) is 355 Å². The normalized spacial score (nSPS) is 25.1. The van der Waals surface area contributed by atoms with E-state index in [1.807, 2.05) is 0 Å². The second-order valence-corrected chi connectivity index (χ2v) is 17.9. The Balaban J connectivity index is 1.95. The van der Waals surface area contributed by atoms with Gasteiger partial charge in [-0.1, -0.05) is 76.6 Å². The van der Waals surface area contributed by atoms with Gasteiger partial charge in [-0.25, -0.2) is 9.79 Å². The van der Waals surface area contributed by atoms with Crippen LogP contribution in [0.2, 0.25) is 0 Å². The number of phenols is 1. The van der Waals surface area contributed by atoms with E-state index in [2.05, 4.69) is 31.6 Å². The minimum Gasteiger partial charge on any atom is -0.508 e. The molecule has 2 heterocycles. The number of esters is 1. The first-order valence-electron chi connectivity index (χ1n) is 23.7. The van der Waals surface area contributed by atoms with Crippen LogP contribution < -0.4 is 38.1 Å². The summed E-state index contributed by atoms with van der Waals surface area (Å²) in [5, 5.41) is 43.9. The van der Waals surface area contributed by atoms with Gasteiger partial charge < -0.3 is 67.9 Å². The molecular formula is C48H68N10O13. The smallest absolute Gasteiger partial charge is 0.329 e. The quantitative estimate of drug-likeness (QED) is 0.0551. The Hall–Kier alpha value is -7.30. The lowest BCUT2D eigenvalue weighted by Crippen LogP contribution is -2.66. The lowest BCUT2D eigenvalue weighted by molar-refractivity contribution is -0.165. The molecule has 12 N–H and O–H groups in total. The number of hydrogen-bond acceptors (Lipinski definition) is 13. The molecule has 2 aromatic rings. The fourth-order valence-electron chi connectivity index (χ4n) is 8.40. The maximum absolute atomic E-state index is 15.1. The van der Waals surface area contributed by atoms with Crippen LogP contribution in [0.4, 0.5) is 0 Å². The lowest BCUT2D eigenvalue weighted by Gasteiger charge is -2.43. The van der Waals surface area contributed by atoms with Crippen molar-refractivity contribution < 1.29 is 63.2 Å². The number of fused-ring (bicyclic) bond motifs is 2. The van der Waals surface area contributed by atoms with Gasteiger partial charge in [0.2, 0.25) is 41.4 Å². The van der Waals surface area contributed by atoms with Crippen molar-refractivity contribution in [1.29, 1.82) is 0 Å². The number of aliphatic carboxylic acids is 1. The van der Waals surface area contributed by atoms with Gasteiger partial charge in [-0.15, -0.1) is 0 Å². The number of nitrogens with one attached hydrogen (secondary N) is 5. The minimum atomic E-state index is -1.94. The highest BCUT2D eigenvalue weighted by Crippen LogP contribution is 2.26. The number of likely N-dealkylation sites (N-methyl/N-ethyl adjacent to an activating group) is 1. The van der Waals surface area contributed by atoms with Crippen molar-refractivity contribution in [3.63, 3.8) is 0 Å². The fraction of sp³-hybridized carbons (Fsp3) is 0.542. The molecule has 388 valence electrons. The summed E-state index contributed by atoms with van der Waals surface area (Å²) in [7, 11) is 1.33. The number of carboxylic acid groups (broad SMARTS) is 1. The highest BCUT2D eigenvalue weighted by atomic mass is 16.5. The third kappa shape index (κ3) is 15.3. The number of aliphatic imine (C=N–C) groups is 1. The van der Waals surface area contributed by atoms with Crippen molar-refractivity contribution in [3.8, 4) is 5.75 Å². The van der Waals surface area contributed by atoms with Gasteiger partial charge in [-0.3, -0.25) is 38.4 Å². The van der Waals surface area contributed by atoms with Gasteiger partial charge in [0.25, 0.3) is 0 Å². The zero-order valence-corrected chi connectivity index (χ0v) is 40.8. The molecular weight excluding hydrogens is 925 g/mol. The molecule has 23 heteroatoms. The van der Waals surface area contributed by atoms with Gasteiger partial charge in [0.15, 0.2) is 5.96 Å². The molecule has 0 saturated carbocycles. The van der Waals surface area contributed by atoms with Crippen LogP contribution in [0.5, 0.6) is 5.75 Å². The number of rotatable bonds is 16. The zero-order chi connectivity index (χ0) is 52.7. The molecule has 11 atom stereocenters. The Morgan fingerprint density at radius 3 is 2.04 bits per heavy atom. The first-order valence-corrected chi connectivity index (χ1v) is 23.7. The van der Waals surface area contributed by atoms with Crippen LogP contribution in [0, 0.1) is 5.92 Å². The molecule has 2 fully saturated rings. The van der Waals surface area contributed by atoms with Gasteiger partial charge in [-0.05, 0) is 61.8 Å². The van der Waals surface area contributed by atoms with Crippen LogP contribution in [0.25, 0.3) is 0 Å². The van der Waals surface area contributed by atoms with Crippen molar-refractivity contribution in [3.05, 3.63) is 65.7 Å². The molecule has 11 unspecified atom stereocenters. The van der Waals surface area contributed by atoms with Crippen molar-refractivity contribution in [2.24, 2.45) is 22.4 Å². The van der Waals surface area contributed by atoms with Crippen molar-refractivity contribution in [1.82, 2.24) is 36.4 Å². The number of carbonyl (C=O) groups is 9. The number of cyclic esters (lactones) is 1. The average Bonchev–Trinajstić information content (AvgIpc) is 3.32. The number of phenolic OH excluding ortho intramolecular Hbond substituents is 1. The summed E-state index contributed by atoms with van der Waals surface area (Å²) in [4.78, 5) is 133. The summed E-state index contributed by atoms with van der Waals surface area (Å²) >= 11 is 0. The lowest BCUT2D eigenvalue weighted by atomic mass is 9.94. The van der Waals surface area contributed by atoms with E-state index in [9.17, 15) is 53.7 Å². The largest absolute Gasteiger partial charge is 0.508 e. The first-order chi connectivity index (χ1) is 33.6. The Morgan fingerprint density at radius 2 is 1.45 bits per heavy atom. The fourth-order valence-corrected chi connectivity index (χ4v) is 8.40. The third-order valence-corrected chi connectivity index (χ3v) is 12.6. The number of nitrogens with zero attached hydrogens (tertiary/aromatic N) is 3. The highest BCUT2D eigenvalue weighted by molar-refractivity contribution is 5.99. The molecule has 0 radical (unpaired) electrons. The third-order valence-electron chi connectivity index (χ3n) is 12.6. The molecule has 4 rings (SSSR count). The number of piperidine rings is 1. The molecule has 2 aliphatic heterocycles. The van der Waals surface area contributed by atoms with Gasteiger partial charge in [0.05, 0.1) is 12.5 Å². The Kier molecular flexibility index (Phi) is 20.7. The maximum atomic E-state index is 15.1. The number of nitrogens with two attached hydrogens (primary N) is 2. The summed E-state index contributed by atoms with van der Waals surface area (Å²) in [5.41, 5.74) is 12.6. The standard InChI is InChI=1S/C48H68N10O13/c1-7-13-35(60)51-32(24-37(62)63)41(64)55-39-26(5)71-47(70)38(25(4)8-2)54-42(65)33(22-28-16-18-29(59)19-17-28)57(6)46(69)34(23-27-14-11-10-12-15-27)58-36(61)21-20-31(45(58)68)52-44(67)40(56-43(39)66)30(9-3)53-48(49)50/h10-12,14-19,25-26,30-34,36,38-40,59,61H,7-9,13,20-24H2,1-6H3,(H,51,60)(H,52,67)(H,54,65)(H,55,64)(H,56,66)(H,62,63)(H4,49,50,53). The molecule has 23 nitrogen and oxygen atoms in total. The van der Waals surface area contributed by atoms with Crippen LogP contribution in [-0.2, 0) is 60.7 Å². The van der Waals surface area contributed by atoms with Gasteiger partial charge in [0.1, 0.15) is 60.4 Å². The maximum Gasteiger partial charge on any atom is 0.329 e. The summed E-state index contributed by atoms with van der Waals surface area (Å²) in [5.74, 6) is -10.4. The van der Waals surface area contributed by atoms with Gasteiger partial charge in [0, 0.05) is 26.3 Å². The van der Waals surface area contributed by atoms with Crippen molar-refractivity contribution in [2.45, 2.75) is 153 Å². The molecule has 71 heavy (non-hydrogen) atoms. The number of aliphatic hydroxyl groups excluding tert-OH is 1. The Morgan fingerprint density at radius 1 is 0.831 bits per heavy atom. The summed E-state index contributed by atoms with van der Waals surface area (Å²) in [6.45, 7) is 7.85. The summed E-state index contributed by atoms with van der Waals surface area (Å²) in [6.07, 6.45) is -4.24. The SMILES string of the molecule is CCCC(=O)NC(CC(=O)O)C(=O)NC1C(=O)NC(C(CC)N=C(N)N)C(=O)NC2CCC(O)N(C2=O)C(Cc2ccccc2)C(=O)N(C)C(Cc2ccc(O)cc2)C(=O)NC(C(C)CC)C(=O)OC1C. The first kappa shape index (κ1) is 56.3. The van der Waals surface area contributed by atoms with E-state index in [1.54, 1.807) is 58.0 Å². The number of amides is 7. The number of aromatic hydroxyl groups is 1. The predicted molar refractivity (Wildman–Crippen MR) is 256 cm³/mol. The van der Waals surface area contributed by atoms with E-state index in [0.29, 0.717) is 17.5 Å². The molecule has 2 aliphatic rings. The molecule has 0 aliphatic carbocycles. The van der Waals surface area contributed by atoms with E-state index in [0.717, 1.165) is 9.80 Å². The number of guanidine groups is 1. The molecule has 2 aromatic carbocycles. The molecule has 0 spiro atoms. The van der Waals surface area contributed by atoms with Crippen LogP contribution in [-0.4, -0.2) is 152 Å². The molecule has 7 amide bonds.